The molecule has 114 valence electrons. The molecule has 21 heavy (non-hydrogen) atoms. The number of carboxylic acid groups (broad SMARTS) is 1. The number of urea groups is 1. The molecule has 2 amide bonds. The summed E-state index contributed by atoms with van der Waals surface area (Å²) in [6.07, 6.45) is 2.43. The van der Waals surface area contributed by atoms with E-state index in [0.717, 1.165) is 24.1 Å². The lowest BCUT2D eigenvalue weighted by molar-refractivity contribution is 0.0697. The predicted octanol–water partition coefficient (Wildman–Crippen LogP) is 3.04. The summed E-state index contributed by atoms with van der Waals surface area (Å²) < 4.78 is 0. The Hall–Kier alpha value is -2.04. The van der Waals surface area contributed by atoms with Crippen LogP contribution in [0.25, 0.3) is 0 Å². The molecule has 1 aromatic rings. The molecule has 1 heterocycles. The van der Waals surface area contributed by atoms with E-state index in [-0.39, 0.29) is 17.1 Å². The van der Waals surface area contributed by atoms with Gasteiger partial charge >= 0.3 is 12.0 Å². The van der Waals surface area contributed by atoms with Crippen molar-refractivity contribution in [3.8, 4) is 0 Å². The summed E-state index contributed by atoms with van der Waals surface area (Å²) in [5, 5.41) is 12.1. The van der Waals surface area contributed by atoms with E-state index >= 15 is 0 Å². The number of anilines is 1. The van der Waals surface area contributed by atoms with Crippen molar-refractivity contribution in [3.05, 3.63) is 29.3 Å². The standard InChI is InChI=1S/C16H22N2O3/c1-4-16(3,5-2)17-15(21)18-9-8-11-10-12(14(19)20)6-7-13(11)18/h6-7,10H,4-5,8-9H2,1-3H3,(H,17,21)(H,19,20). The maximum atomic E-state index is 12.5. The highest BCUT2D eigenvalue weighted by atomic mass is 16.4. The quantitative estimate of drug-likeness (QED) is 0.895. The van der Waals surface area contributed by atoms with Gasteiger partial charge in [-0.2, -0.15) is 0 Å². The predicted molar refractivity (Wildman–Crippen MR) is 82.0 cm³/mol. The number of carboxylic acids is 1. The number of aromatic carboxylic acids is 1. The summed E-state index contributed by atoms with van der Waals surface area (Å²) in [5.74, 6) is -0.940. The fourth-order valence-corrected chi connectivity index (χ4v) is 2.50. The van der Waals surface area contributed by atoms with Crippen LogP contribution < -0.4 is 10.2 Å². The van der Waals surface area contributed by atoms with Gasteiger partial charge in [0.1, 0.15) is 0 Å². The minimum atomic E-state index is -0.940. The van der Waals surface area contributed by atoms with Crippen molar-refractivity contribution in [1.29, 1.82) is 0 Å². The van der Waals surface area contributed by atoms with Gasteiger partial charge in [0.25, 0.3) is 0 Å². The number of amides is 2. The highest BCUT2D eigenvalue weighted by Gasteiger charge is 2.29. The van der Waals surface area contributed by atoms with Crippen molar-refractivity contribution in [2.24, 2.45) is 0 Å². The molecule has 5 nitrogen and oxygen atoms in total. The van der Waals surface area contributed by atoms with Gasteiger partial charge in [0.05, 0.1) is 5.56 Å². The van der Waals surface area contributed by atoms with Crippen molar-refractivity contribution in [1.82, 2.24) is 5.32 Å². The first kappa shape index (κ1) is 15.4. The van der Waals surface area contributed by atoms with Gasteiger partial charge in [-0.3, -0.25) is 4.90 Å². The van der Waals surface area contributed by atoms with Crippen molar-refractivity contribution >= 4 is 17.7 Å². The van der Waals surface area contributed by atoms with E-state index in [4.69, 9.17) is 5.11 Å². The zero-order valence-corrected chi connectivity index (χ0v) is 12.8. The summed E-state index contributed by atoms with van der Waals surface area (Å²) in [7, 11) is 0. The number of benzene rings is 1. The highest BCUT2D eigenvalue weighted by Crippen LogP contribution is 2.29. The Labute approximate surface area is 125 Å². The number of nitrogens with one attached hydrogen (secondary N) is 1. The normalized spacial score (nSPS) is 14.0. The van der Waals surface area contributed by atoms with Gasteiger partial charge in [0.2, 0.25) is 0 Å². The third-order valence-electron chi connectivity index (χ3n) is 4.44. The van der Waals surface area contributed by atoms with Crippen molar-refractivity contribution in [3.63, 3.8) is 0 Å². The van der Waals surface area contributed by atoms with Gasteiger partial charge in [0.15, 0.2) is 0 Å². The smallest absolute Gasteiger partial charge is 0.335 e. The summed E-state index contributed by atoms with van der Waals surface area (Å²) in [6, 6.07) is 4.82. The average Bonchev–Trinajstić information content (AvgIpc) is 2.90. The second-order valence-corrected chi connectivity index (χ2v) is 5.75. The van der Waals surface area contributed by atoms with Crippen LogP contribution in [0.5, 0.6) is 0 Å². The lowest BCUT2D eigenvalue weighted by Crippen LogP contribution is -2.50. The molecule has 0 bridgehead atoms. The second kappa shape index (κ2) is 5.76. The number of hydrogen-bond acceptors (Lipinski definition) is 2. The maximum Gasteiger partial charge on any atom is 0.335 e. The largest absolute Gasteiger partial charge is 0.478 e. The van der Waals surface area contributed by atoms with Crippen LogP contribution in [0.3, 0.4) is 0 Å². The molecule has 5 heteroatoms. The Morgan fingerprint density at radius 3 is 2.57 bits per heavy atom. The lowest BCUT2D eigenvalue weighted by Gasteiger charge is -2.31. The number of fused-ring (bicyclic) bond motifs is 1. The first-order valence-corrected chi connectivity index (χ1v) is 7.36. The average molecular weight is 290 g/mol. The van der Waals surface area contributed by atoms with Crippen LogP contribution in [-0.4, -0.2) is 29.2 Å². The van der Waals surface area contributed by atoms with E-state index in [2.05, 4.69) is 19.2 Å². The van der Waals surface area contributed by atoms with E-state index in [1.54, 1.807) is 23.1 Å². The molecule has 0 spiro atoms. The summed E-state index contributed by atoms with van der Waals surface area (Å²) in [6.45, 7) is 6.74. The van der Waals surface area contributed by atoms with Crippen LogP contribution in [0.2, 0.25) is 0 Å². The molecule has 0 radical (unpaired) electrons. The van der Waals surface area contributed by atoms with E-state index in [9.17, 15) is 9.59 Å². The monoisotopic (exact) mass is 290 g/mol. The molecular formula is C16H22N2O3. The maximum absolute atomic E-state index is 12.5. The zero-order chi connectivity index (χ0) is 15.6. The van der Waals surface area contributed by atoms with Gasteiger partial charge in [0, 0.05) is 17.8 Å². The summed E-state index contributed by atoms with van der Waals surface area (Å²) >= 11 is 0. The number of rotatable bonds is 4. The Bertz CT molecular complexity index is 565. The molecule has 2 N–H and O–H groups in total. The fourth-order valence-electron chi connectivity index (χ4n) is 2.50. The molecule has 1 aliphatic rings. The van der Waals surface area contributed by atoms with Gasteiger partial charge < -0.3 is 10.4 Å². The molecule has 0 saturated carbocycles. The van der Waals surface area contributed by atoms with Crippen LogP contribution in [-0.2, 0) is 6.42 Å². The minimum Gasteiger partial charge on any atom is -0.478 e. The van der Waals surface area contributed by atoms with Crippen molar-refractivity contribution < 1.29 is 14.7 Å². The Morgan fingerprint density at radius 1 is 1.33 bits per heavy atom. The third kappa shape index (κ3) is 3.01. The lowest BCUT2D eigenvalue weighted by atomic mass is 9.96. The molecule has 2 rings (SSSR count). The number of nitrogens with zero attached hydrogens (tertiary/aromatic N) is 1. The first-order valence-electron chi connectivity index (χ1n) is 7.36. The van der Waals surface area contributed by atoms with Gasteiger partial charge in [-0.05, 0) is 49.9 Å². The fraction of sp³-hybridized carbons (Fsp3) is 0.500. The molecule has 0 fully saturated rings. The molecule has 0 unspecified atom stereocenters. The second-order valence-electron chi connectivity index (χ2n) is 5.75. The number of carbonyl (C=O) groups excluding carboxylic acids is 1. The summed E-state index contributed by atoms with van der Waals surface area (Å²) in [4.78, 5) is 25.1. The first-order chi connectivity index (χ1) is 9.90. The molecule has 0 saturated heterocycles. The van der Waals surface area contributed by atoms with Gasteiger partial charge in [-0.1, -0.05) is 13.8 Å². The van der Waals surface area contributed by atoms with Crippen molar-refractivity contribution in [2.75, 3.05) is 11.4 Å². The Balaban J connectivity index is 2.19. The van der Waals surface area contributed by atoms with Crippen LogP contribution >= 0.6 is 0 Å². The van der Waals surface area contributed by atoms with Gasteiger partial charge in [-0.25, -0.2) is 9.59 Å². The number of carbonyl (C=O) groups is 2. The van der Waals surface area contributed by atoms with Gasteiger partial charge in [-0.15, -0.1) is 0 Å². The highest BCUT2D eigenvalue weighted by molar-refractivity contribution is 5.96. The van der Waals surface area contributed by atoms with E-state index in [1.165, 1.54) is 0 Å². The van der Waals surface area contributed by atoms with E-state index in [1.807, 2.05) is 6.92 Å². The molecule has 0 atom stereocenters. The molecule has 1 aromatic carbocycles. The zero-order valence-electron chi connectivity index (χ0n) is 12.8. The van der Waals surface area contributed by atoms with Crippen LogP contribution in [0.15, 0.2) is 18.2 Å². The van der Waals surface area contributed by atoms with Crippen LogP contribution in [0.1, 0.15) is 49.5 Å². The number of hydrogen-bond donors (Lipinski definition) is 2. The SMILES string of the molecule is CCC(C)(CC)NC(=O)N1CCc2cc(C(=O)O)ccc21. The minimum absolute atomic E-state index is 0.108. The Morgan fingerprint density at radius 2 is 2.00 bits per heavy atom. The third-order valence-corrected chi connectivity index (χ3v) is 4.44. The van der Waals surface area contributed by atoms with E-state index < -0.39 is 5.97 Å². The van der Waals surface area contributed by atoms with Crippen LogP contribution in [0, 0.1) is 0 Å². The van der Waals surface area contributed by atoms with Crippen LogP contribution in [0.4, 0.5) is 10.5 Å². The summed E-state index contributed by atoms with van der Waals surface area (Å²) in [5.41, 5.74) is 1.79. The molecule has 0 aromatic heterocycles. The van der Waals surface area contributed by atoms with Crippen molar-refractivity contribution in [2.45, 2.75) is 45.6 Å². The molecule has 0 aliphatic carbocycles. The Kier molecular flexibility index (Phi) is 4.21. The topological polar surface area (TPSA) is 69.6 Å². The molecular weight excluding hydrogens is 268 g/mol. The molecule has 1 aliphatic heterocycles. The van der Waals surface area contributed by atoms with E-state index in [0.29, 0.717) is 13.0 Å².